The van der Waals surface area contributed by atoms with E-state index >= 15 is 0 Å². The van der Waals surface area contributed by atoms with Crippen molar-refractivity contribution in [1.29, 1.82) is 0 Å². The molecule has 3 nitrogen and oxygen atoms in total. The monoisotopic (exact) mass is 321 g/mol. The van der Waals surface area contributed by atoms with E-state index in [1.54, 1.807) is 11.3 Å². The molecule has 2 aromatic heterocycles. The molecule has 2 N–H and O–H groups in total. The highest BCUT2D eigenvalue weighted by atomic mass is 79.9. The van der Waals surface area contributed by atoms with Gasteiger partial charge in [-0.3, -0.25) is 4.68 Å². The molecule has 0 unspecified atom stereocenters. The molecule has 5 heteroatoms. The van der Waals surface area contributed by atoms with Gasteiger partial charge in [0.05, 0.1) is 21.5 Å². The van der Waals surface area contributed by atoms with Gasteiger partial charge in [0.2, 0.25) is 0 Å². The van der Waals surface area contributed by atoms with Gasteiger partial charge in [-0.05, 0) is 34.1 Å². The van der Waals surface area contributed by atoms with Crippen LogP contribution in [0.5, 0.6) is 0 Å². The van der Waals surface area contributed by atoms with Crippen LogP contribution in [0.4, 0.5) is 0 Å². The smallest absolute Gasteiger partial charge is 0.0839 e. The van der Waals surface area contributed by atoms with Crippen molar-refractivity contribution in [3.63, 3.8) is 0 Å². The molecule has 0 amide bonds. The molecule has 0 aliphatic heterocycles. The van der Waals surface area contributed by atoms with Crippen LogP contribution in [0.25, 0.3) is 10.9 Å². The van der Waals surface area contributed by atoms with E-state index in [0.29, 0.717) is 6.54 Å². The number of nitrogens with two attached hydrogens (primary N) is 1. The van der Waals surface area contributed by atoms with Crippen molar-refractivity contribution in [3.05, 3.63) is 50.8 Å². The van der Waals surface area contributed by atoms with Gasteiger partial charge < -0.3 is 5.73 Å². The Kier molecular flexibility index (Phi) is 3.20. The summed E-state index contributed by atoms with van der Waals surface area (Å²) in [6, 6.07) is 12.4. The molecule has 2 heterocycles. The summed E-state index contributed by atoms with van der Waals surface area (Å²) in [7, 11) is 0. The molecule has 3 rings (SSSR count). The first-order valence-corrected chi connectivity index (χ1v) is 7.27. The quantitative estimate of drug-likeness (QED) is 0.803. The van der Waals surface area contributed by atoms with Gasteiger partial charge in [-0.2, -0.15) is 5.10 Å². The fraction of sp³-hybridized carbons (Fsp3) is 0.154. The van der Waals surface area contributed by atoms with Crippen LogP contribution in [0.1, 0.15) is 10.6 Å². The Labute approximate surface area is 117 Å². The minimum Gasteiger partial charge on any atom is -0.325 e. The maximum absolute atomic E-state index is 5.75. The minimum atomic E-state index is 0.474. The molecule has 0 fully saturated rings. The number of hydrogen-bond acceptors (Lipinski definition) is 3. The molecule has 3 aromatic rings. The number of para-hydroxylation sites is 1. The predicted molar refractivity (Wildman–Crippen MR) is 78.7 cm³/mol. The van der Waals surface area contributed by atoms with E-state index in [0.717, 1.165) is 26.9 Å². The highest BCUT2D eigenvalue weighted by Crippen LogP contribution is 2.25. The van der Waals surface area contributed by atoms with E-state index in [1.807, 2.05) is 16.8 Å². The second kappa shape index (κ2) is 4.84. The largest absolute Gasteiger partial charge is 0.325 e. The van der Waals surface area contributed by atoms with Gasteiger partial charge in [-0.25, -0.2) is 0 Å². The molecule has 0 spiro atoms. The lowest BCUT2D eigenvalue weighted by Gasteiger charge is -2.00. The summed E-state index contributed by atoms with van der Waals surface area (Å²) in [5, 5.41) is 5.74. The maximum Gasteiger partial charge on any atom is 0.0839 e. The first-order chi connectivity index (χ1) is 8.78. The molecular weight excluding hydrogens is 310 g/mol. The number of thiophene rings is 1. The van der Waals surface area contributed by atoms with Gasteiger partial charge in [0.25, 0.3) is 0 Å². The van der Waals surface area contributed by atoms with Gasteiger partial charge in [0.15, 0.2) is 0 Å². The number of rotatable bonds is 3. The summed E-state index contributed by atoms with van der Waals surface area (Å²) in [6.07, 6.45) is 0. The first kappa shape index (κ1) is 11.9. The second-order valence-corrected chi connectivity index (χ2v) is 6.58. The van der Waals surface area contributed by atoms with Crippen molar-refractivity contribution in [3.8, 4) is 0 Å². The van der Waals surface area contributed by atoms with Crippen LogP contribution < -0.4 is 5.73 Å². The molecule has 0 bridgehead atoms. The average Bonchev–Trinajstić information content (AvgIpc) is 2.95. The zero-order valence-electron chi connectivity index (χ0n) is 9.64. The maximum atomic E-state index is 5.75. The lowest BCUT2D eigenvalue weighted by molar-refractivity contribution is 0.701. The van der Waals surface area contributed by atoms with E-state index < -0.39 is 0 Å². The summed E-state index contributed by atoms with van der Waals surface area (Å²) in [4.78, 5) is 1.28. The number of nitrogens with zero attached hydrogens (tertiary/aromatic N) is 2. The predicted octanol–water partition coefficient (Wildman–Crippen LogP) is 3.37. The third kappa shape index (κ3) is 2.09. The minimum absolute atomic E-state index is 0.474. The highest BCUT2D eigenvalue weighted by Gasteiger charge is 2.09. The molecule has 18 heavy (non-hydrogen) atoms. The Morgan fingerprint density at radius 3 is 2.78 bits per heavy atom. The number of fused-ring (bicyclic) bond motifs is 1. The van der Waals surface area contributed by atoms with Gasteiger partial charge in [0.1, 0.15) is 0 Å². The van der Waals surface area contributed by atoms with Gasteiger partial charge in [-0.1, -0.05) is 18.2 Å². The molecule has 1 aromatic carbocycles. The van der Waals surface area contributed by atoms with Crippen LogP contribution >= 0.6 is 27.3 Å². The molecular formula is C13H12BrN3S. The van der Waals surface area contributed by atoms with Crippen molar-refractivity contribution >= 4 is 38.2 Å². The van der Waals surface area contributed by atoms with Crippen LogP contribution in [0.15, 0.2) is 40.2 Å². The number of halogens is 1. The standard InChI is InChI=1S/C13H12BrN3S/c14-13-6-5-9(18-13)8-17-12-4-2-1-3-10(12)11(7-15)16-17/h1-6H,7-8,15H2. The molecule has 0 saturated carbocycles. The fourth-order valence-electron chi connectivity index (χ4n) is 2.05. The van der Waals surface area contributed by atoms with Crippen LogP contribution in [0.3, 0.4) is 0 Å². The molecule has 0 saturated heterocycles. The molecule has 0 aliphatic rings. The van der Waals surface area contributed by atoms with Gasteiger partial charge >= 0.3 is 0 Å². The van der Waals surface area contributed by atoms with Crippen LogP contribution in [0, 0.1) is 0 Å². The van der Waals surface area contributed by atoms with Gasteiger partial charge in [-0.15, -0.1) is 11.3 Å². The molecule has 0 radical (unpaired) electrons. The normalized spacial score (nSPS) is 11.2. The Hall–Kier alpha value is -1.17. The Morgan fingerprint density at radius 2 is 2.06 bits per heavy atom. The van der Waals surface area contributed by atoms with E-state index in [-0.39, 0.29) is 0 Å². The van der Waals surface area contributed by atoms with E-state index in [1.165, 1.54) is 4.88 Å². The van der Waals surface area contributed by atoms with Crippen molar-refractivity contribution in [1.82, 2.24) is 9.78 Å². The number of hydrogen-bond donors (Lipinski definition) is 1. The fourth-order valence-corrected chi connectivity index (χ4v) is 3.52. The summed E-state index contributed by atoms with van der Waals surface area (Å²) < 4.78 is 3.17. The lowest BCUT2D eigenvalue weighted by Crippen LogP contribution is -2.02. The number of aromatic nitrogens is 2. The van der Waals surface area contributed by atoms with E-state index in [4.69, 9.17) is 5.73 Å². The molecule has 0 aliphatic carbocycles. The van der Waals surface area contributed by atoms with Crippen molar-refractivity contribution in [2.24, 2.45) is 5.73 Å². The van der Waals surface area contributed by atoms with Crippen molar-refractivity contribution in [2.75, 3.05) is 0 Å². The Morgan fingerprint density at radius 1 is 1.22 bits per heavy atom. The summed E-state index contributed by atoms with van der Waals surface area (Å²) in [5.41, 5.74) is 7.85. The van der Waals surface area contributed by atoms with Crippen LogP contribution in [-0.4, -0.2) is 9.78 Å². The topological polar surface area (TPSA) is 43.8 Å². The van der Waals surface area contributed by atoms with Gasteiger partial charge in [0, 0.05) is 16.8 Å². The highest BCUT2D eigenvalue weighted by molar-refractivity contribution is 9.11. The van der Waals surface area contributed by atoms with Crippen LogP contribution in [-0.2, 0) is 13.1 Å². The zero-order chi connectivity index (χ0) is 12.5. The summed E-state index contributed by atoms with van der Waals surface area (Å²) >= 11 is 5.22. The van der Waals surface area contributed by atoms with Crippen molar-refractivity contribution in [2.45, 2.75) is 13.1 Å². The Bertz CT molecular complexity index is 686. The van der Waals surface area contributed by atoms with E-state index in [9.17, 15) is 0 Å². The Balaban J connectivity index is 2.06. The lowest BCUT2D eigenvalue weighted by atomic mass is 10.2. The SMILES string of the molecule is NCc1nn(Cc2ccc(Br)s2)c2ccccc12. The zero-order valence-corrected chi connectivity index (χ0v) is 12.0. The first-order valence-electron chi connectivity index (χ1n) is 5.66. The molecule has 92 valence electrons. The molecule has 0 atom stereocenters. The van der Waals surface area contributed by atoms with Crippen LogP contribution in [0.2, 0.25) is 0 Å². The van der Waals surface area contributed by atoms with Crippen molar-refractivity contribution < 1.29 is 0 Å². The third-order valence-corrected chi connectivity index (χ3v) is 4.47. The average molecular weight is 322 g/mol. The second-order valence-electron chi connectivity index (χ2n) is 4.03. The summed E-state index contributed by atoms with van der Waals surface area (Å²) in [6.45, 7) is 1.26. The summed E-state index contributed by atoms with van der Waals surface area (Å²) in [5.74, 6) is 0. The van der Waals surface area contributed by atoms with E-state index in [2.05, 4.69) is 45.3 Å². The number of benzene rings is 1. The third-order valence-electron chi connectivity index (χ3n) is 2.86.